The summed E-state index contributed by atoms with van der Waals surface area (Å²) in [6.45, 7) is 5.27. The van der Waals surface area contributed by atoms with Crippen molar-refractivity contribution in [2.24, 2.45) is 5.73 Å². The number of anilines is 1. The number of amides is 3. The van der Waals surface area contributed by atoms with Crippen LogP contribution in [0.2, 0.25) is 0 Å². The van der Waals surface area contributed by atoms with E-state index in [1.165, 1.54) is 4.90 Å². The van der Waals surface area contributed by atoms with E-state index in [1.54, 1.807) is 59.1 Å². The maximum atomic E-state index is 12.7. The van der Waals surface area contributed by atoms with Gasteiger partial charge in [-0.15, -0.1) is 0 Å². The summed E-state index contributed by atoms with van der Waals surface area (Å²) in [5.41, 5.74) is 7.20. The molecule has 2 aromatic carbocycles. The lowest BCUT2D eigenvalue weighted by molar-refractivity contribution is -0.156. The average molecular weight is 511 g/mol. The number of hydrogen-bond acceptors (Lipinski definition) is 7. The Morgan fingerprint density at radius 3 is 2.14 bits per heavy atom. The fraction of sp³-hybridized carbons (Fsp3) is 0.407. The molecule has 4 atom stereocenters. The summed E-state index contributed by atoms with van der Waals surface area (Å²) >= 11 is 0. The van der Waals surface area contributed by atoms with E-state index < -0.39 is 47.7 Å². The first-order valence-corrected chi connectivity index (χ1v) is 12.0. The van der Waals surface area contributed by atoms with Gasteiger partial charge < -0.3 is 30.7 Å². The Hall–Kier alpha value is -3.76. The number of epoxide rings is 1. The number of esters is 1. The molecule has 37 heavy (non-hydrogen) atoms. The predicted octanol–water partition coefficient (Wildman–Crippen LogP) is 1.55. The molecule has 3 unspecified atom stereocenters. The summed E-state index contributed by atoms with van der Waals surface area (Å²) in [6, 6.07) is 14.0. The van der Waals surface area contributed by atoms with Gasteiger partial charge in [-0.2, -0.15) is 0 Å². The number of carbonyl (C=O) groups is 4. The molecular weight excluding hydrogens is 476 g/mol. The maximum Gasteiger partial charge on any atom is 0.328 e. The summed E-state index contributed by atoms with van der Waals surface area (Å²) in [7, 11) is 3.23. The fourth-order valence-electron chi connectivity index (χ4n) is 3.62. The molecule has 0 radical (unpaired) electrons. The largest absolute Gasteiger partial charge is 0.459 e. The van der Waals surface area contributed by atoms with Crippen molar-refractivity contribution in [2.45, 2.75) is 57.1 Å². The van der Waals surface area contributed by atoms with E-state index in [0.717, 1.165) is 5.56 Å². The first kappa shape index (κ1) is 27.8. The third-order valence-corrected chi connectivity index (χ3v) is 5.54. The quantitative estimate of drug-likeness (QED) is 0.343. The minimum Gasteiger partial charge on any atom is -0.459 e. The summed E-state index contributed by atoms with van der Waals surface area (Å²) in [4.78, 5) is 51.6. The topological polar surface area (TPSA) is 143 Å². The minimum absolute atomic E-state index is 0.261. The molecule has 2 aromatic rings. The molecule has 0 aliphatic carbocycles. The molecule has 1 saturated heterocycles. The number of rotatable bonds is 9. The van der Waals surface area contributed by atoms with E-state index in [9.17, 15) is 19.2 Å². The Bertz CT molecular complexity index is 1130. The van der Waals surface area contributed by atoms with E-state index in [0.29, 0.717) is 17.7 Å². The van der Waals surface area contributed by atoms with Gasteiger partial charge >= 0.3 is 5.97 Å². The number of ether oxygens (including phenoxy) is 2. The van der Waals surface area contributed by atoms with Crippen LogP contribution in [0, 0.1) is 0 Å². The van der Waals surface area contributed by atoms with Crippen molar-refractivity contribution in [1.29, 1.82) is 0 Å². The van der Waals surface area contributed by atoms with Crippen LogP contribution in [0.15, 0.2) is 54.6 Å². The first-order chi connectivity index (χ1) is 17.4. The molecular formula is C27H34N4O6. The van der Waals surface area contributed by atoms with E-state index in [2.05, 4.69) is 10.6 Å². The molecule has 10 nitrogen and oxygen atoms in total. The molecule has 1 fully saturated rings. The second-order valence-electron chi connectivity index (χ2n) is 10.1. The van der Waals surface area contributed by atoms with Crippen molar-refractivity contribution in [3.05, 3.63) is 65.7 Å². The second-order valence-corrected chi connectivity index (χ2v) is 10.1. The fourth-order valence-corrected chi connectivity index (χ4v) is 3.62. The van der Waals surface area contributed by atoms with Gasteiger partial charge in [0.1, 0.15) is 17.7 Å². The van der Waals surface area contributed by atoms with Gasteiger partial charge in [0.05, 0.1) is 0 Å². The van der Waals surface area contributed by atoms with Crippen molar-refractivity contribution < 1.29 is 28.7 Å². The Morgan fingerprint density at radius 1 is 0.973 bits per heavy atom. The normalized spacial score (nSPS) is 18.2. The second kappa shape index (κ2) is 11.5. The molecule has 0 saturated carbocycles. The van der Waals surface area contributed by atoms with Gasteiger partial charge in [0.25, 0.3) is 11.8 Å². The van der Waals surface area contributed by atoms with E-state index in [-0.39, 0.29) is 5.91 Å². The summed E-state index contributed by atoms with van der Waals surface area (Å²) in [5, 5.41) is 5.39. The maximum absolute atomic E-state index is 12.7. The number of likely N-dealkylation sites (N-methyl/N-ethyl adjacent to an activating group) is 1. The molecule has 1 aliphatic rings. The lowest BCUT2D eigenvalue weighted by Gasteiger charge is -2.22. The Kier molecular flexibility index (Phi) is 8.67. The monoisotopic (exact) mass is 510 g/mol. The summed E-state index contributed by atoms with van der Waals surface area (Å²) in [6.07, 6.45) is -1.66. The van der Waals surface area contributed by atoms with Gasteiger partial charge in [-0.3, -0.25) is 14.4 Å². The SMILES string of the molecule is CN(C)C(=O)[C@H](Cc1ccccc1)NC(=O)C1OC1C(=O)Nc1ccc(C(N)C(=O)OC(C)(C)C)cc1. The highest BCUT2D eigenvalue weighted by Crippen LogP contribution is 2.25. The van der Waals surface area contributed by atoms with Crippen molar-refractivity contribution in [1.82, 2.24) is 10.2 Å². The molecule has 4 N–H and O–H groups in total. The zero-order valence-corrected chi connectivity index (χ0v) is 21.7. The number of nitrogens with two attached hydrogens (primary N) is 1. The number of carbonyl (C=O) groups excluding carboxylic acids is 4. The van der Waals surface area contributed by atoms with Crippen LogP contribution in [-0.2, 0) is 35.1 Å². The molecule has 1 heterocycles. The van der Waals surface area contributed by atoms with Gasteiger partial charge in [0.15, 0.2) is 12.2 Å². The third-order valence-electron chi connectivity index (χ3n) is 5.54. The lowest BCUT2D eigenvalue weighted by atomic mass is 10.0. The molecule has 198 valence electrons. The van der Waals surface area contributed by atoms with Crippen molar-refractivity contribution in [3.63, 3.8) is 0 Å². The molecule has 3 rings (SSSR count). The minimum atomic E-state index is -0.993. The molecule has 10 heteroatoms. The Morgan fingerprint density at radius 2 is 1.57 bits per heavy atom. The van der Waals surface area contributed by atoms with Crippen LogP contribution >= 0.6 is 0 Å². The average Bonchev–Trinajstić information content (AvgIpc) is 3.64. The van der Waals surface area contributed by atoms with Crippen LogP contribution in [0.3, 0.4) is 0 Å². The Labute approximate surface area is 216 Å². The van der Waals surface area contributed by atoms with Gasteiger partial charge in [-0.05, 0) is 44.0 Å². The zero-order valence-electron chi connectivity index (χ0n) is 21.7. The highest BCUT2D eigenvalue weighted by molar-refractivity contribution is 6.02. The lowest BCUT2D eigenvalue weighted by Crippen LogP contribution is -2.49. The van der Waals surface area contributed by atoms with Gasteiger partial charge in [-0.1, -0.05) is 42.5 Å². The van der Waals surface area contributed by atoms with E-state index >= 15 is 0 Å². The third kappa shape index (κ3) is 7.86. The number of nitrogens with one attached hydrogen (secondary N) is 2. The van der Waals surface area contributed by atoms with Crippen LogP contribution in [0.1, 0.15) is 37.9 Å². The highest BCUT2D eigenvalue weighted by atomic mass is 16.6. The van der Waals surface area contributed by atoms with E-state index in [1.807, 2.05) is 30.3 Å². The molecule has 0 bridgehead atoms. The van der Waals surface area contributed by atoms with Crippen LogP contribution < -0.4 is 16.4 Å². The van der Waals surface area contributed by atoms with E-state index in [4.69, 9.17) is 15.2 Å². The standard InChI is InChI=1S/C27H34N4O6/c1-27(2,3)37-26(35)20(28)17-11-13-18(14-12-17)29-23(32)21-22(36-21)24(33)30-19(25(34)31(4)5)15-16-9-7-6-8-10-16/h6-14,19-22H,15,28H2,1-5H3,(H,29,32)(H,30,33)/t19-,20?,21?,22?/m0/s1. The van der Waals surface area contributed by atoms with Crippen molar-refractivity contribution in [3.8, 4) is 0 Å². The summed E-state index contributed by atoms with van der Waals surface area (Å²) < 4.78 is 10.6. The zero-order chi connectivity index (χ0) is 27.3. The Balaban J connectivity index is 1.55. The van der Waals surface area contributed by atoms with Crippen LogP contribution in [0.25, 0.3) is 0 Å². The molecule has 0 spiro atoms. The summed E-state index contributed by atoms with van der Waals surface area (Å²) in [5.74, 6) is -1.84. The van der Waals surface area contributed by atoms with Gasteiger partial charge in [-0.25, -0.2) is 4.79 Å². The smallest absolute Gasteiger partial charge is 0.328 e. The molecule has 3 amide bonds. The van der Waals surface area contributed by atoms with Crippen LogP contribution in [0.4, 0.5) is 5.69 Å². The number of benzene rings is 2. The molecule has 0 aromatic heterocycles. The van der Waals surface area contributed by atoms with Gasteiger partial charge in [0, 0.05) is 26.2 Å². The molecule has 1 aliphatic heterocycles. The predicted molar refractivity (Wildman–Crippen MR) is 137 cm³/mol. The van der Waals surface area contributed by atoms with Crippen LogP contribution in [-0.4, -0.2) is 66.5 Å². The number of nitrogens with zero attached hydrogens (tertiary/aromatic N) is 1. The first-order valence-electron chi connectivity index (χ1n) is 12.0. The van der Waals surface area contributed by atoms with Crippen LogP contribution in [0.5, 0.6) is 0 Å². The van der Waals surface area contributed by atoms with Gasteiger partial charge in [0.2, 0.25) is 5.91 Å². The van der Waals surface area contributed by atoms with Crippen molar-refractivity contribution >= 4 is 29.4 Å². The highest BCUT2D eigenvalue weighted by Gasteiger charge is 2.51. The van der Waals surface area contributed by atoms with Crippen molar-refractivity contribution in [2.75, 3.05) is 19.4 Å². The number of hydrogen-bond donors (Lipinski definition) is 3.